The van der Waals surface area contributed by atoms with Gasteiger partial charge >= 0.3 is 0 Å². The predicted molar refractivity (Wildman–Crippen MR) is 91.5 cm³/mol. The lowest BCUT2D eigenvalue weighted by atomic mass is 10.0. The first-order valence-corrected chi connectivity index (χ1v) is 7.24. The number of hydrogen-bond donors (Lipinski definition) is 1. The minimum absolute atomic E-state index is 0.780. The fraction of sp³-hybridized carbons (Fsp3) is 0. The van der Waals surface area contributed by atoms with Crippen molar-refractivity contribution in [3.63, 3.8) is 0 Å². The number of hydrogen-bond acceptors (Lipinski definition) is 2. The Morgan fingerprint density at radius 3 is 1.91 bits per heavy atom. The molecule has 0 fully saturated rings. The van der Waals surface area contributed by atoms with Gasteiger partial charge in [-0.05, 0) is 35.4 Å². The lowest BCUT2D eigenvalue weighted by molar-refractivity contribution is 0.631. The van der Waals surface area contributed by atoms with E-state index in [2.05, 4.69) is 36.4 Å². The van der Waals surface area contributed by atoms with E-state index in [1.54, 1.807) is 0 Å². The number of nitrogens with two attached hydrogens (primary N) is 1. The number of fused-ring (bicyclic) bond motifs is 1. The molecule has 0 aliphatic carbocycles. The highest BCUT2D eigenvalue weighted by Crippen LogP contribution is 2.29. The van der Waals surface area contributed by atoms with Gasteiger partial charge in [-0.25, -0.2) is 0 Å². The molecule has 2 heteroatoms. The maximum atomic E-state index is 5.90. The second-order valence-corrected chi connectivity index (χ2v) is 5.35. The molecular weight excluding hydrogens is 270 g/mol. The minimum Gasteiger partial charge on any atom is -0.456 e. The van der Waals surface area contributed by atoms with E-state index in [1.165, 1.54) is 5.56 Å². The highest BCUT2D eigenvalue weighted by atomic mass is 16.3. The van der Waals surface area contributed by atoms with Gasteiger partial charge in [0.15, 0.2) is 0 Å². The summed E-state index contributed by atoms with van der Waals surface area (Å²) in [5, 5.41) is 1.13. The fourth-order valence-corrected chi connectivity index (χ4v) is 2.63. The van der Waals surface area contributed by atoms with Crippen LogP contribution >= 0.6 is 0 Å². The average molecular weight is 285 g/mol. The molecule has 1 aromatic heterocycles. The quantitative estimate of drug-likeness (QED) is 0.504. The van der Waals surface area contributed by atoms with Crippen LogP contribution in [0.25, 0.3) is 33.4 Å². The lowest BCUT2D eigenvalue weighted by Gasteiger charge is -2.03. The van der Waals surface area contributed by atoms with Crippen LogP contribution < -0.4 is 5.73 Å². The van der Waals surface area contributed by atoms with Gasteiger partial charge in [-0.1, -0.05) is 54.6 Å². The highest BCUT2D eigenvalue weighted by molar-refractivity contribution is 5.83. The molecule has 4 aromatic rings. The van der Waals surface area contributed by atoms with Gasteiger partial charge in [0.2, 0.25) is 0 Å². The van der Waals surface area contributed by atoms with Crippen LogP contribution in [0.1, 0.15) is 0 Å². The maximum Gasteiger partial charge on any atom is 0.135 e. The van der Waals surface area contributed by atoms with Gasteiger partial charge in [0, 0.05) is 16.6 Å². The fourth-order valence-electron chi connectivity index (χ4n) is 2.63. The van der Waals surface area contributed by atoms with E-state index < -0.39 is 0 Å². The van der Waals surface area contributed by atoms with Crippen LogP contribution in [0.15, 0.2) is 83.3 Å². The van der Waals surface area contributed by atoms with Gasteiger partial charge in [-0.15, -0.1) is 0 Å². The van der Waals surface area contributed by atoms with Crippen molar-refractivity contribution in [2.24, 2.45) is 0 Å². The van der Waals surface area contributed by atoms with E-state index in [0.717, 1.165) is 33.5 Å². The third-order valence-corrected chi connectivity index (χ3v) is 3.84. The zero-order valence-electron chi connectivity index (χ0n) is 12.0. The first-order valence-electron chi connectivity index (χ1n) is 7.24. The van der Waals surface area contributed by atoms with Crippen LogP contribution in [0.2, 0.25) is 0 Å². The van der Waals surface area contributed by atoms with Crippen molar-refractivity contribution in [3.8, 4) is 22.5 Å². The Hall–Kier alpha value is -3.00. The van der Waals surface area contributed by atoms with Crippen molar-refractivity contribution in [1.29, 1.82) is 0 Å². The van der Waals surface area contributed by atoms with Gasteiger partial charge < -0.3 is 10.2 Å². The molecule has 22 heavy (non-hydrogen) atoms. The second-order valence-electron chi connectivity index (χ2n) is 5.35. The summed E-state index contributed by atoms with van der Waals surface area (Å²) >= 11 is 0. The van der Waals surface area contributed by atoms with Crippen molar-refractivity contribution in [3.05, 3.63) is 78.9 Å². The predicted octanol–water partition coefficient (Wildman–Crippen LogP) is 5.35. The average Bonchev–Trinajstić information content (AvgIpc) is 3.00. The molecule has 0 saturated carbocycles. The minimum atomic E-state index is 0.780. The topological polar surface area (TPSA) is 39.2 Å². The Bertz CT molecular complexity index is 885. The van der Waals surface area contributed by atoms with E-state index in [-0.39, 0.29) is 0 Å². The molecule has 0 aliphatic rings. The molecule has 0 unspecified atom stereocenters. The van der Waals surface area contributed by atoms with Crippen LogP contribution in [-0.2, 0) is 0 Å². The monoisotopic (exact) mass is 285 g/mol. The third-order valence-electron chi connectivity index (χ3n) is 3.84. The molecule has 0 atom stereocenters. The molecule has 4 rings (SSSR count). The Morgan fingerprint density at radius 1 is 0.636 bits per heavy atom. The van der Waals surface area contributed by atoms with Gasteiger partial charge in [0.1, 0.15) is 11.3 Å². The Kier molecular flexibility index (Phi) is 2.94. The molecule has 2 N–H and O–H groups in total. The first-order chi connectivity index (χ1) is 10.8. The Balaban J connectivity index is 1.70. The van der Waals surface area contributed by atoms with Crippen molar-refractivity contribution in [1.82, 2.24) is 0 Å². The van der Waals surface area contributed by atoms with E-state index in [1.807, 2.05) is 42.5 Å². The molecule has 0 saturated heterocycles. The zero-order chi connectivity index (χ0) is 14.9. The van der Waals surface area contributed by atoms with E-state index in [9.17, 15) is 0 Å². The van der Waals surface area contributed by atoms with Crippen molar-refractivity contribution in [2.45, 2.75) is 0 Å². The van der Waals surface area contributed by atoms with Crippen LogP contribution in [0.4, 0.5) is 5.69 Å². The lowest BCUT2D eigenvalue weighted by Crippen LogP contribution is -1.84. The molecular formula is C20H15NO. The third kappa shape index (κ3) is 2.25. The van der Waals surface area contributed by atoms with Gasteiger partial charge in [0.25, 0.3) is 0 Å². The van der Waals surface area contributed by atoms with Gasteiger partial charge in [0.05, 0.1) is 0 Å². The van der Waals surface area contributed by atoms with Crippen molar-refractivity contribution >= 4 is 16.7 Å². The molecule has 3 aromatic carbocycles. The number of rotatable bonds is 2. The molecule has 0 bridgehead atoms. The van der Waals surface area contributed by atoms with Crippen molar-refractivity contribution in [2.75, 3.05) is 5.73 Å². The molecule has 2 nitrogen and oxygen atoms in total. The number of para-hydroxylation sites is 1. The Morgan fingerprint density at radius 2 is 1.23 bits per heavy atom. The van der Waals surface area contributed by atoms with E-state index in [0.29, 0.717) is 0 Å². The SMILES string of the molecule is Nc1ccc(-c2ccc(-c3cc4ccccc4o3)cc2)cc1. The summed E-state index contributed by atoms with van der Waals surface area (Å²) in [6.45, 7) is 0. The van der Waals surface area contributed by atoms with Crippen molar-refractivity contribution < 1.29 is 4.42 Å². The Labute approximate surface area is 128 Å². The summed E-state index contributed by atoms with van der Waals surface area (Å²) in [7, 11) is 0. The van der Waals surface area contributed by atoms with Gasteiger partial charge in [-0.3, -0.25) is 0 Å². The summed E-state index contributed by atoms with van der Waals surface area (Å²) in [6.07, 6.45) is 0. The maximum absolute atomic E-state index is 5.90. The number of benzene rings is 3. The smallest absolute Gasteiger partial charge is 0.135 e. The first kappa shape index (κ1) is 12.7. The molecule has 1 heterocycles. The molecule has 0 amide bonds. The van der Waals surface area contributed by atoms with Crippen LogP contribution in [0, 0.1) is 0 Å². The summed E-state index contributed by atoms with van der Waals surface area (Å²) in [6, 6.07) is 26.4. The summed E-state index contributed by atoms with van der Waals surface area (Å²) in [5.74, 6) is 0.894. The number of furan rings is 1. The van der Waals surface area contributed by atoms with E-state index in [4.69, 9.17) is 10.2 Å². The number of nitrogen functional groups attached to an aromatic ring is 1. The normalized spacial score (nSPS) is 10.9. The summed E-state index contributed by atoms with van der Waals surface area (Å²) < 4.78 is 5.90. The molecule has 0 radical (unpaired) electrons. The second kappa shape index (κ2) is 5.08. The largest absolute Gasteiger partial charge is 0.456 e. The highest BCUT2D eigenvalue weighted by Gasteiger charge is 2.06. The molecule has 0 spiro atoms. The zero-order valence-corrected chi connectivity index (χ0v) is 12.0. The molecule has 0 aliphatic heterocycles. The van der Waals surface area contributed by atoms with Crippen LogP contribution in [-0.4, -0.2) is 0 Å². The van der Waals surface area contributed by atoms with E-state index >= 15 is 0 Å². The van der Waals surface area contributed by atoms with Gasteiger partial charge in [-0.2, -0.15) is 0 Å². The summed E-state index contributed by atoms with van der Waals surface area (Å²) in [4.78, 5) is 0. The summed E-state index contributed by atoms with van der Waals surface area (Å²) in [5.41, 5.74) is 10.8. The standard InChI is InChI=1S/C20H15NO/c21-18-11-9-15(10-12-18)14-5-7-16(8-6-14)20-13-17-3-1-2-4-19(17)22-20/h1-13H,21H2. The van der Waals surface area contributed by atoms with Crippen LogP contribution in [0.5, 0.6) is 0 Å². The molecule has 106 valence electrons. The number of anilines is 1. The van der Waals surface area contributed by atoms with Crippen LogP contribution in [0.3, 0.4) is 0 Å².